The standard InChI is InChI=1S/C15H17BrN2O4S/c1-5-18(14(21)22-15(2,3)4)13-17-11-9(16)6-8(12(19)20)7-10(11)23-13/h6-7H,5H2,1-4H3,(H,19,20). The van der Waals surface area contributed by atoms with Crippen molar-refractivity contribution in [3.05, 3.63) is 22.2 Å². The van der Waals surface area contributed by atoms with Crippen LogP contribution in [0.5, 0.6) is 0 Å². The third-order valence-electron chi connectivity index (χ3n) is 2.85. The Bertz CT molecular complexity index is 767. The van der Waals surface area contributed by atoms with Crippen LogP contribution in [0, 0.1) is 0 Å². The minimum atomic E-state index is -1.01. The van der Waals surface area contributed by atoms with Crippen LogP contribution in [0.25, 0.3) is 10.2 Å². The van der Waals surface area contributed by atoms with Crippen molar-refractivity contribution in [3.8, 4) is 0 Å². The molecule has 1 heterocycles. The van der Waals surface area contributed by atoms with Gasteiger partial charge in [0.15, 0.2) is 5.13 Å². The van der Waals surface area contributed by atoms with E-state index in [9.17, 15) is 9.59 Å². The summed E-state index contributed by atoms with van der Waals surface area (Å²) in [6.45, 7) is 7.62. The molecule has 8 heteroatoms. The quantitative estimate of drug-likeness (QED) is 0.818. The first kappa shape index (κ1) is 17.7. The lowest BCUT2D eigenvalue weighted by Gasteiger charge is -2.24. The fourth-order valence-electron chi connectivity index (χ4n) is 1.88. The van der Waals surface area contributed by atoms with Crippen molar-refractivity contribution >= 4 is 54.7 Å². The number of aromatic carboxylic acids is 1. The number of carboxylic acid groups (broad SMARTS) is 1. The van der Waals surface area contributed by atoms with E-state index in [0.29, 0.717) is 26.4 Å². The van der Waals surface area contributed by atoms with Gasteiger partial charge in [0, 0.05) is 11.0 Å². The van der Waals surface area contributed by atoms with Gasteiger partial charge in [-0.2, -0.15) is 0 Å². The molecule has 6 nitrogen and oxygen atoms in total. The molecule has 2 aromatic rings. The van der Waals surface area contributed by atoms with Crippen molar-refractivity contribution in [3.63, 3.8) is 0 Å². The normalized spacial score (nSPS) is 11.5. The van der Waals surface area contributed by atoms with Gasteiger partial charge in [0.1, 0.15) is 5.60 Å². The average molecular weight is 401 g/mol. The number of thiazole rings is 1. The van der Waals surface area contributed by atoms with E-state index in [0.717, 1.165) is 0 Å². The molecule has 0 bridgehead atoms. The molecule has 0 saturated carbocycles. The Morgan fingerprint density at radius 1 is 1.39 bits per heavy atom. The molecular weight excluding hydrogens is 384 g/mol. The summed E-state index contributed by atoms with van der Waals surface area (Å²) in [5.41, 5.74) is 0.190. The van der Waals surface area contributed by atoms with Crippen molar-refractivity contribution in [2.75, 3.05) is 11.4 Å². The fourth-order valence-corrected chi connectivity index (χ4v) is 3.64. The number of aromatic nitrogens is 1. The summed E-state index contributed by atoms with van der Waals surface area (Å²) >= 11 is 4.58. The van der Waals surface area contributed by atoms with Gasteiger partial charge in [0.25, 0.3) is 0 Å². The molecule has 1 aromatic heterocycles. The SMILES string of the molecule is CCN(C(=O)OC(C)(C)C)c1nc2c(Br)cc(C(=O)O)cc2s1. The van der Waals surface area contributed by atoms with E-state index in [1.807, 2.05) is 6.92 Å². The van der Waals surface area contributed by atoms with Crippen LogP contribution < -0.4 is 4.90 Å². The Hall–Kier alpha value is -1.67. The zero-order chi connectivity index (χ0) is 17.4. The van der Waals surface area contributed by atoms with E-state index in [-0.39, 0.29) is 5.56 Å². The molecule has 0 unspecified atom stereocenters. The molecule has 0 aliphatic rings. The number of rotatable bonds is 3. The highest BCUT2D eigenvalue weighted by Gasteiger charge is 2.25. The number of benzene rings is 1. The van der Waals surface area contributed by atoms with Gasteiger partial charge in [-0.05, 0) is 55.8 Å². The molecule has 0 fully saturated rings. The summed E-state index contributed by atoms with van der Waals surface area (Å²) in [6.07, 6.45) is -0.478. The van der Waals surface area contributed by atoms with Crippen LogP contribution in [-0.2, 0) is 4.74 Å². The highest BCUT2D eigenvalue weighted by Crippen LogP contribution is 2.34. The van der Waals surface area contributed by atoms with Gasteiger partial charge < -0.3 is 9.84 Å². The zero-order valence-corrected chi connectivity index (χ0v) is 15.6. The lowest BCUT2D eigenvalue weighted by atomic mass is 10.2. The number of hydrogen-bond donors (Lipinski definition) is 1. The molecule has 0 saturated heterocycles. The van der Waals surface area contributed by atoms with E-state index in [1.54, 1.807) is 26.8 Å². The molecular formula is C15H17BrN2O4S. The summed E-state index contributed by atoms with van der Waals surface area (Å²) in [5.74, 6) is -1.01. The maximum Gasteiger partial charge on any atom is 0.416 e. The second-order valence-corrected chi connectivity index (χ2v) is 7.69. The van der Waals surface area contributed by atoms with Crippen molar-refractivity contribution in [2.24, 2.45) is 0 Å². The Morgan fingerprint density at radius 2 is 2.04 bits per heavy atom. The van der Waals surface area contributed by atoms with E-state index in [4.69, 9.17) is 9.84 Å². The lowest BCUT2D eigenvalue weighted by Crippen LogP contribution is -2.36. The molecule has 2 rings (SSSR count). The van der Waals surface area contributed by atoms with Gasteiger partial charge in [-0.1, -0.05) is 11.3 Å². The maximum absolute atomic E-state index is 12.3. The number of hydrogen-bond acceptors (Lipinski definition) is 5. The number of carbonyl (C=O) groups excluding carboxylic acids is 1. The predicted octanol–water partition coefficient (Wildman–Crippen LogP) is 4.52. The monoisotopic (exact) mass is 400 g/mol. The Balaban J connectivity index is 2.44. The number of fused-ring (bicyclic) bond motifs is 1. The van der Waals surface area contributed by atoms with Crippen molar-refractivity contribution < 1.29 is 19.4 Å². The van der Waals surface area contributed by atoms with Gasteiger partial charge in [-0.3, -0.25) is 4.90 Å². The van der Waals surface area contributed by atoms with E-state index >= 15 is 0 Å². The Labute approximate surface area is 146 Å². The lowest BCUT2D eigenvalue weighted by molar-refractivity contribution is 0.0581. The minimum absolute atomic E-state index is 0.167. The maximum atomic E-state index is 12.3. The molecule has 124 valence electrons. The van der Waals surface area contributed by atoms with Crippen LogP contribution in [0.2, 0.25) is 0 Å². The smallest absolute Gasteiger partial charge is 0.416 e. The molecule has 0 radical (unpaired) electrons. The van der Waals surface area contributed by atoms with Crippen LogP contribution >= 0.6 is 27.3 Å². The predicted molar refractivity (Wildman–Crippen MR) is 93.5 cm³/mol. The second-order valence-electron chi connectivity index (χ2n) is 5.83. The van der Waals surface area contributed by atoms with Gasteiger partial charge >= 0.3 is 12.1 Å². The van der Waals surface area contributed by atoms with Crippen LogP contribution in [0.4, 0.5) is 9.93 Å². The third-order valence-corrected chi connectivity index (χ3v) is 4.47. The zero-order valence-electron chi connectivity index (χ0n) is 13.2. The van der Waals surface area contributed by atoms with E-state index in [2.05, 4.69) is 20.9 Å². The van der Waals surface area contributed by atoms with Crippen molar-refractivity contribution in [1.82, 2.24) is 4.98 Å². The Kier molecular flexibility index (Phi) is 4.95. The van der Waals surface area contributed by atoms with E-state index in [1.165, 1.54) is 22.3 Å². The molecule has 1 aromatic carbocycles. The third kappa shape index (κ3) is 4.00. The summed E-state index contributed by atoms with van der Waals surface area (Å²) in [4.78, 5) is 29.3. The number of anilines is 1. The summed E-state index contributed by atoms with van der Waals surface area (Å²) < 4.78 is 6.65. The number of nitrogens with zero attached hydrogens (tertiary/aromatic N) is 2. The van der Waals surface area contributed by atoms with Crippen LogP contribution in [0.15, 0.2) is 16.6 Å². The van der Waals surface area contributed by atoms with Crippen molar-refractivity contribution in [2.45, 2.75) is 33.3 Å². The number of amides is 1. The fraction of sp³-hybridized carbons (Fsp3) is 0.400. The van der Waals surface area contributed by atoms with Crippen LogP contribution in [-0.4, -0.2) is 34.3 Å². The van der Waals surface area contributed by atoms with Gasteiger partial charge in [-0.25, -0.2) is 14.6 Å². The number of carbonyl (C=O) groups is 2. The first-order valence-corrected chi connectivity index (χ1v) is 8.57. The number of carboxylic acids is 1. The van der Waals surface area contributed by atoms with Gasteiger partial charge in [0.05, 0.1) is 15.8 Å². The molecule has 1 N–H and O–H groups in total. The molecule has 1 amide bonds. The first-order chi connectivity index (χ1) is 10.6. The number of ether oxygens (including phenoxy) is 1. The molecule has 0 spiro atoms. The molecule has 23 heavy (non-hydrogen) atoms. The van der Waals surface area contributed by atoms with Crippen LogP contribution in [0.1, 0.15) is 38.1 Å². The van der Waals surface area contributed by atoms with Gasteiger partial charge in [0.2, 0.25) is 0 Å². The largest absolute Gasteiger partial charge is 0.478 e. The Morgan fingerprint density at radius 3 is 2.57 bits per heavy atom. The average Bonchev–Trinajstić information content (AvgIpc) is 2.81. The van der Waals surface area contributed by atoms with E-state index < -0.39 is 17.7 Å². The molecule has 0 aliphatic carbocycles. The first-order valence-electron chi connectivity index (χ1n) is 6.96. The van der Waals surface area contributed by atoms with Gasteiger partial charge in [-0.15, -0.1) is 0 Å². The van der Waals surface area contributed by atoms with Crippen LogP contribution in [0.3, 0.4) is 0 Å². The highest BCUT2D eigenvalue weighted by molar-refractivity contribution is 9.10. The minimum Gasteiger partial charge on any atom is -0.478 e. The number of halogens is 1. The second kappa shape index (κ2) is 6.45. The summed E-state index contributed by atoms with van der Waals surface area (Å²) in [7, 11) is 0. The highest BCUT2D eigenvalue weighted by atomic mass is 79.9. The molecule has 0 aliphatic heterocycles. The van der Waals surface area contributed by atoms with Crippen molar-refractivity contribution in [1.29, 1.82) is 0 Å². The summed E-state index contributed by atoms with van der Waals surface area (Å²) in [5, 5.41) is 9.60. The molecule has 0 atom stereocenters. The summed E-state index contributed by atoms with van der Waals surface area (Å²) in [6, 6.07) is 3.05. The topological polar surface area (TPSA) is 79.7 Å².